The Morgan fingerprint density at radius 2 is 2.07 bits per heavy atom. The molecule has 0 atom stereocenters. The molecule has 1 aromatic carbocycles. The van der Waals surface area contributed by atoms with Crippen LogP contribution in [0.2, 0.25) is 5.02 Å². The van der Waals surface area contributed by atoms with Gasteiger partial charge in [0, 0.05) is 12.4 Å². The van der Waals surface area contributed by atoms with Gasteiger partial charge in [0.2, 0.25) is 11.8 Å². The van der Waals surface area contributed by atoms with E-state index >= 15 is 0 Å². The molecule has 3 N–H and O–H groups in total. The van der Waals surface area contributed by atoms with Crippen LogP contribution in [0.4, 0.5) is 5.69 Å². The van der Waals surface area contributed by atoms with Crippen molar-refractivity contribution in [1.29, 1.82) is 0 Å². The van der Waals surface area contributed by atoms with Gasteiger partial charge in [0.15, 0.2) is 0 Å². The van der Waals surface area contributed by atoms with Gasteiger partial charge in [0.25, 0.3) is 0 Å². The molecule has 0 spiro atoms. The summed E-state index contributed by atoms with van der Waals surface area (Å²) in [5.74, 6) is -0.526. The van der Waals surface area contributed by atoms with Crippen LogP contribution in [0.15, 0.2) is 36.7 Å². The molecule has 2 heterocycles. The van der Waals surface area contributed by atoms with E-state index in [0.717, 1.165) is 18.7 Å². The lowest BCUT2D eigenvalue weighted by Crippen LogP contribution is -2.55. The molecule has 1 aliphatic heterocycles. The normalized spacial score (nSPS) is 15.5. The van der Waals surface area contributed by atoms with Gasteiger partial charge in [-0.3, -0.25) is 14.3 Å². The maximum Gasteiger partial charge on any atom is 0.248 e. The Morgan fingerprint density at radius 1 is 1.33 bits per heavy atom. The highest BCUT2D eigenvalue weighted by Gasteiger charge is 2.41. The predicted octanol–water partition coefficient (Wildman–Crippen LogP) is 2.10. The number of hydrogen-bond donors (Lipinski definition) is 3. The number of nitrogens with one attached hydrogen (secondary N) is 3. The number of carbonyl (C=O) groups excluding carboxylic acids is 2. The molecule has 2 aromatic rings. The van der Waals surface area contributed by atoms with Crippen molar-refractivity contribution in [2.45, 2.75) is 25.3 Å². The standard InChI is InChI=1S/C18H22ClN5O2.ClH/c1-13-3-4-15(14(19)11-13)23-16(25)12-21-17(26)18(5-8-20-9-6-18)24-10-2-7-22-24;/h2-4,7,10-11,20H,5-6,8-9,12H2,1H3,(H,21,26)(H,23,25);1H. The van der Waals surface area contributed by atoms with E-state index < -0.39 is 5.54 Å². The zero-order valence-electron chi connectivity index (χ0n) is 15.0. The zero-order valence-corrected chi connectivity index (χ0v) is 16.6. The van der Waals surface area contributed by atoms with Crippen LogP contribution in [-0.4, -0.2) is 41.2 Å². The van der Waals surface area contributed by atoms with Gasteiger partial charge in [-0.05, 0) is 56.6 Å². The minimum Gasteiger partial charge on any atom is -0.345 e. The van der Waals surface area contributed by atoms with Gasteiger partial charge in [-0.1, -0.05) is 17.7 Å². The molecule has 0 aliphatic carbocycles. The molecule has 0 bridgehead atoms. The third kappa shape index (κ3) is 4.80. The highest BCUT2D eigenvalue weighted by molar-refractivity contribution is 6.33. The Morgan fingerprint density at radius 3 is 2.70 bits per heavy atom. The van der Waals surface area contributed by atoms with Gasteiger partial charge in [0.05, 0.1) is 17.3 Å². The van der Waals surface area contributed by atoms with E-state index in [1.807, 2.05) is 13.0 Å². The van der Waals surface area contributed by atoms with Crippen LogP contribution in [0, 0.1) is 6.92 Å². The summed E-state index contributed by atoms with van der Waals surface area (Å²) in [5, 5.41) is 13.4. The molecule has 0 saturated carbocycles. The number of aryl methyl sites for hydroxylation is 1. The van der Waals surface area contributed by atoms with Crippen molar-refractivity contribution >= 4 is 41.5 Å². The number of rotatable bonds is 5. The van der Waals surface area contributed by atoms with E-state index in [0.29, 0.717) is 23.6 Å². The number of piperidine rings is 1. The Hall–Kier alpha value is -2.09. The fourth-order valence-corrected chi connectivity index (χ4v) is 3.45. The van der Waals surface area contributed by atoms with Gasteiger partial charge >= 0.3 is 0 Å². The Balaban J connectivity index is 0.00000261. The summed E-state index contributed by atoms with van der Waals surface area (Å²) in [4.78, 5) is 25.1. The number of amides is 2. The first-order valence-corrected chi connectivity index (χ1v) is 8.94. The maximum absolute atomic E-state index is 12.9. The summed E-state index contributed by atoms with van der Waals surface area (Å²) >= 11 is 6.13. The van der Waals surface area contributed by atoms with Crippen molar-refractivity contribution in [2.75, 3.05) is 25.0 Å². The van der Waals surface area contributed by atoms with E-state index in [9.17, 15) is 9.59 Å². The second-order valence-corrected chi connectivity index (χ2v) is 6.85. The van der Waals surface area contributed by atoms with Crippen molar-refractivity contribution in [3.05, 3.63) is 47.2 Å². The van der Waals surface area contributed by atoms with E-state index in [2.05, 4.69) is 21.0 Å². The third-order valence-electron chi connectivity index (χ3n) is 4.60. The summed E-state index contributed by atoms with van der Waals surface area (Å²) in [5.41, 5.74) is 0.768. The summed E-state index contributed by atoms with van der Waals surface area (Å²) < 4.78 is 1.69. The Labute approximate surface area is 169 Å². The van der Waals surface area contributed by atoms with Crippen LogP contribution in [0.3, 0.4) is 0 Å². The highest BCUT2D eigenvalue weighted by atomic mass is 35.5. The lowest BCUT2D eigenvalue weighted by atomic mass is 9.87. The topological polar surface area (TPSA) is 88.1 Å². The second kappa shape index (κ2) is 9.21. The molecule has 2 amide bonds. The summed E-state index contributed by atoms with van der Waals surface area (Å²) in [7, 11) is 0. The van der Waals surface area contributed by atoms with Crippen LogP contribution < -0.4 is 16.0 Å². The Kier molecular flexibility index (Phi) is 7.24. The first kappa shape index (κ1) is 21.2. The van der Waals surface area contributed by atoms with Gasteiger partial charge in [-0.15, -0.1) is 12.4 Å². The molecular weight excluding hydrogens is 389 g/mol. The third-order valence-corrected chi connectivity index (χ3v) is 4.92. The van der Waals surface area contributed by atoms with Crippen molar-refractivity contribution in [2.24, 2.45) is 0 Å². The molecule has 3 rings (SSSR count). The maximum atomic E-state index is 12.9. The summed E-state index contributed by atoms with van der Waals surface area (Å²) in [6.07, 6.45) is 4.68. The first-order valence-electron chi connectivity index (χ1n) is 8.56. The molecule has 1 fully saturated rings. The van der Waals surface area contributed by atoms with Crippen LogP contribution in [0.5, 0.6) is 0 Å². The van der Waals surface area contributed by atoms with E-state index in [-0.39, 0.29) is 30.8 Å². The van der Waals surface area contributed by atoms with Gasteiger partial charge in [0.1, 0.15) is 5.54 Å². The minimum atomic E-state index is -0.767. The first-order chi connectivity index (χ1) is 12.5. The van der Waals surface area contributed by atoms with Crippen LogP contribution in [-0.2, 0) is 15.1 Å². The Bertz CT molecular complexity index is 789. The van der Waals surface area contributed by atoms with Crippen molar-refractivity contribution in [3.8, 4) is 0 Å². The second-order valence-electron chi connectivity index (χ2n) is 6.45. The quantitative estimate of drug-likeness (QED) is 0.702. The lowest BCUT2D eigenvalue weighted by Gasteiger charge is -2.36. The van der Waals surface area contributed by atoms with Crippen molar-refractivity contribution in [3.63, 3.8) is 0 Å². The predicted molar refractivity (Wildman–Crippen MR) is 107 cm³/mol. The molecular formula is C18H23Cl2N5O2. The monoisotopic (exact) mass is 411 g/mol. The molecule has 1 aromatic heterocycles. The number of benzene rings is 1. The highest BCUT2D eigenvalue weighted by Crippen LogP contribution is 2.27. The van der Waals surface area contributed by atoms with E-state index in [1.165, 1.54) is 0 Å². The van der Waals surface area contributed by atoms with Gasteiger partial charge in [-0.25, -0.2) is 0 Å². The molecule has 0 unspecified atom stereocenters. The molecule has 7 nitrogen and oxygen atoms in total. The summed E-state index contributed by atoms with van der Waals surface area (Å²) in [6.45, 7) is 3.24. The average molecular weight is 412 g/mol. The smallest absolute Gasteiger partial charge is 0.248 e. The van der Waals surface area contributed by atoms with Crippen LogP contribution >= 0.6 is 24.0 Å². The number of hydrogen-bond acceptors (Lipinski definition) is 4. The fourth-order valence-electron chi connectivity index (χ4n) is 3.16. The number of carbonyl (C=O) groups is 2. The number of anilines is 1. The summed E-state index contributed by atoms with van der Waals surface area (Å²) in [6, 6.07) is 7.18. The molecule has 9 heteroatoms. The SMILES string of the molecule is Cc1ccc(NC(=O)CNC(=O)C2(n3cccn3)CCNCC2)c(Cl)c1.Cl. The number of nitrogens with zero attached hydrogens (tertiary/aromatic N) is 2. The fraction of sp³-hybridized carbons (Fsp3) is 0.389. The van der Waals surface area contributed by atoms with Crippen LogP contribution in [0.1, 0.15) is 18.4 Å². The molecule has 1 aliphatic rings. The molecule has 1 saturated heterocycles. The number of aromatic nitrogens is 2. The minimum absolute atomic E-state index is 0. The van der Waals surface area contributed by atoms with E-state index in [4.69, 9.17) is 11.6 Å². The zero-order chi connectivity index (χ0) is 18.6. The van der Waals surface area contributed by atoms with E-state index in [1.54, 1.807) is 35.3 Å². The molecule has 27 heavy (non-hydrogen) atoms. The molecule has 146 valence electrons. The molecule has 0 radical (unpaired) electrons. The van der Waals surface area contributed by atoms with Crippen molar-refractivity contribution < 1.29 is 9.59 Å². The van der Waals surface area contributed by atoms with Gasteiger partial charge in [-0.2, -0.15) is 5.10 Å². The van der Waals surface area contributed by atoms with Crippen LogP contribution in [0.25, 0.3) is 0 Å². The lowest BCUT2D eigenvalue weighted by molar-refractivity contribution is -0.133. The number of halogens is 2. The average Bonchev–Trinajstić information content (AvgIpc) is 3.18. The van der Waals surface area contributed by atoms with Crippen molar-refractivity contribution in [1.82, 2.24) is 20.4 Å². The largest absolute Gasteiger partial charge is 0.345 e. The van der Waals surface area contributed by atoms with Gasteiger partial charge < -0.3 is 16.0 Å².